The molecule has 1 amide bonds. The van der Waals surface area contributed by atoms with Crippen LogP contribution < -0.4 is 21.3 Å². The van der Waals surface area contributed by atoms with E-state index in [2.05, 4.69) is 52.9 Å². The van der Waals surface area contributed by atoms with Gasteiger partial charge in [-0.3, -0.25) is 9.78 Å². The number of halogens is 1. The lowest BCUT2D eigenvalue weighted by atomic mass is 9.99. The van der Waals surface area contributed by atoms with Gasteiger partial charge in [-0.15, -0.1) is 0 Å². The summed E-state index contributed by atoms with van der Waals surface area (Å²) in [6, 6.07) is 15.6. The number of amides is 1. The molecule has 0 radical (unpaired) electrons. The maximum atomic E-state index is 13.2. The molecular weight excluding hydrogens is 545 g/mol. The van der Waals surface area contributed by atoms with E-state index in [1.165, 1.54) is 0 Å². The topological polar surface area (TPSA) is 121 Å². The summed E-state index contributed by atoms with van der Waals surface area (Å²) in [5.41, 5.74) is 5.08. The van der Waals surface area contributed by atoms with Crippen molar-refractivity contribution in [2.24, 2.45) is 0 Å². The first-order valence-corrected chi connectivity index (χ1v) is 14.5. The predicted molar refractivity (Wildman–Crippen MR) is 168 cm³/mol. The number of carbonyl (C=O) groups excluding carboxylic acids is 1. The van der Waals surface area contributed by atoms with Gasteiger partial charge in [-0.2, -0.15) is 19.6 Å². The molecule has 0 spiro atoms. The number of fused-ring (bicyclic) bond motifs is 2. The van der Waals surface area contributed by atoms with Gasteiger partial charge in [-0.05, 0) is 54.5 Å². The van der Waals surface area contributed by atoms with E-state index in [4.69, 9.17) is 15.0 Å². The number of nitrogens with one attached hydrogen (secondary N) is 4. The van der Waals surface area contributed by atoms with Crippen LogP contribution in [-0.4, -0.2) is 49.6 Å². The molecule has 2 aromatic carbocycles. The van der Waals surface area contributed by atoms with Gasteiger partial charge in [-0.1, -0.05) is 50.8 Å². The van der Waals surface area contributed by atoms with Gasteiger partial charge in [0.25, 0.3) is 5.91 Å². The van der Waals surface area contributed by atoms with Crippen LogP contribution in [0.1, 0.15) is 43.7 Å². The van der Waals surface area contributed by atoms with E-state index in [-0.39, 0.29) is 12.0 Å². The van der Waals surface area contributed by atoms with Gasteiger partial charge in [0.15, 0.2) is 11.5 Å². The molecule has 11 heteroatoms. The lowest BCUT2D eigenvalue weighted by Gasteiger charge is -2.24. The summed E-state index contributed by atoms with van der Waals surface area (Å²) in [7, 11) is 0. The molecule has 220 valence electrons. The van der Waals surface area contributed by atoms with E-state index in [9.17, 15) is 9.18 Å². The Hall–Kier alpha value is -4.90. The van der Waals surface area contributed by atoms with E-state index in [0.717, 1.165) is 64.7 Å². The van der Waals surface area contributed by atoms with E-state index in [1.807, 2.05) is 36.5 Å². The Kier molecular flexibility index (Phi) is 7.97. The van der Waals surface area contributed by atoms with Crippen LogP contribution in [0.25, 0.3) is 27.7 Å². The first-order chi connectivity index (χ1) is 20.9. The molecule has 1 fully saturated rings. The molecular formula is C32H34FN9O. The Morgan fingerprint density at radius 2 is 2.05 bits per heavy atom. The normalized spacial score (nSPS) is 15.1. The van der Waals surface area contributed by atoms with Crippen molar-refractivity contribution < 1.29 is 9.18 Å². The average molecular weight is 580 g/mol. The molecule has 10 nitrogen and oxygen atoms in total. The zero-order valence-corrected chi connectivity index (χ0v) is 24.2. The molecule has 1 atom stereocenters. The van der Waals surface area contributed by atoms with Crippen molar-refractivity contribution >= 4 is 39.9 Å². The van der Waals surface area contributed by atoms with Crippen molar-refractivity contribution in [2.75, 3.05) is 29.0 Å². The van der Waals surface area contributed by atoms with Crippen LogP contribution in [0.3, 0.4) is 0 Å². The van der Waals surface area contributed by atoms with Gasteiger partial charge < -0.3 is 21.3 Å². The van der Waals surface area contributed by atoms with Gasteiger partial charge in [0.1, 0.15) is 0 Å². The third-order valence-electron chi connectivity index (χ3n) is 7.63. The minimum Gasteiger partial charge on any atom is -0.350 e. The molecule has 0 unspecified atom stereocenters. The van der Waals surface area contributed by atoms with Gasteiger partial charge in [-0.25, -0.2) is 4.39 Å². The fourth-order valence-corrected chi connectivity index (χ4v) is 5.39. The Bertz CT molecular complexity index is 1810. The molecule has 1 aliphatic heterocycles. The minimum atomic E-state index is -1.04. The number of hydrogen-bond donors (Lipinski definition) is 4. The molecule has 3 aromatic heterocycles. The van der Waals surface area contributed by atoms with Gasteiger partial charge in [0.05, 0.1) is 11.9 Å². The zero-order valence-electron chi connectivity index (χ0n) is 24.2. The van der Waals surface area contributed by atoms with Gasteiger partial charge >= 0.3 is 0 Å². The van der Waals surface area contributed by atoms with E-state index < -0.39 is 11.7 Å². The Balaban J connectivity index is 1.32. The maximum absolute atomic E-state index is 13.2. The Labute approximate surface area is 248 Å². The number of pyridine rings is 1. The number of nitrogens with zero attached hydrogens (tertiary/aromatic N) is 5. The Morgan fingerprint density at radius 1 is 1.19 bits per heavy atom. The molecule has 4 N–H and O–H groups in total. The van der Waals surface area contributed by atoms with Gasteiger partial charge in [0.2, 0.25) is 11.9 Å². The second kappa shape index (κ2) is 12.1. The van der Waals surface area contributed by atoms with Crippen LogP contribution in [-0.2, 0) is 11.3 Å². The highest BCUT2D eigenvalue weighted by Crippen LogP contribution is 2.31. The number of benzene rings is 2. The summed E-state index contributed by atoms with van der Waals surface area (Å²) in [5, 5.41) is 19.4. The number of anilines is 3. The largest absolute Gasteiger partial charge is 0.350 e. The molecule has 5 aromatic rings. The summed E-state index contributed by atoms with van der Waals surface area (Å²) in [5.74, 6) is -0.474. The van der Waals surface area contributed by atoms with Crippen LogP contribution in [0.2, 0.25) is 0 Å². The van der Waals surface area contributed by atoms with Crippen LogP contribution in [0, 0.1) is 0 Å². The summed E-state index contributed by atoms with van der Waals surface area (Å²) in [4.78, 5) is 26.2. The smallest absolute Gasteiger partial charge is 0.283 e. The van der Waals surface area contributed by atoms with Gasteiger partial charge in [0, 0.05) is 47.5 Å². The monoisotopic (exact) mass is 579 g/mol. The highest BCUT2D eigenvalue weighted by Gasteiger charge is 2.19. The third-order valence-corrected chi connectivity index (χ3v) is 7.63. The van der Waals surface area contributed by atoms with Crippen LogP contribution in [0.15, 0.2) is 73.3 Å². The first kappa shape index (κ1) is 28.2. The first-order valence-electron chi connectivity index (χ1n) is 14.5. The summed E-state index contributed by atoms with van der Waals surface area (Å²) in [6.07, 6.45) is 5.76. The van der Waals surface area contributed by atoms with Crippen molar-refractivity contribution in [1.29, 1.82) is 0 Å². The second-order valence-corrected chi connectivity index (χ2v) is 11.0. The van der Waals surface area contributed by atoms with Crippen molar-refractivity contribution in [3.8, 4) is 11.3 Å². The molecule has 43 heavy (non-hydrogen) atoms. The number of aromatic nitrogens is 5. The summed E-state index contributed by atoms with van der Waals surface area (Å²) < 4.78 is 15.0. The van der Waals surface area contributed by atoms with Crippen molar-refractivity contribution in [1.82, 2.24) is 29.9 Å². The highest BCUT2D eigenvalue weighted by atomic mass is 19.1. The van der Waals surface area contributed by atoms with Crippen molar-refractivity contribution in [3.63, 3.8) is 0 Å². The quantitative estimate of drug-likeness (QED) is 0.165. The van der Waals surface area contributed by atoms with Crippen LogP contribution >= 0.6 is 0 Å². The predicted octanol–water partition coefficient (Wildman–Crippen LogP) is 5.66. The molecule has 1 aliphatic rings. The Morgan fingerprint density at radius 3 is 2.84 bits per heavy atom. The summed E-state index contributed by atoms with van der Waals surface area (Å²) in [6.45, 7) is 9.69. The third kappa shape index (κ3) is 6.02. The average Bonchev–Trinajstić information content (AvgIpc) is 3.45. The fraction of sp³-hybridized carbons (Fsp3) is 0.281. The molecule has 4 heterocycles. The lowest BCUT2D eigenvalue weighted by Crippen LogP contribution is -2.38. The standard InChI is InChI=1S/C32H34FN9O/c1-19(2)27-18-37-42-29(27)40-31(39-24-8-6-13-34-17-24)41-32(42)36-16-22-7-4-5-9-25(22)28-26-11-10-23(38-30(43)20(3)33)15-21(26)12-14-35-28/h4-5,7,9-12,14-15,18-19,24,34H,3,6,8,13,16-17H2,1-2H3,(H,38,43)(H2,36,39,40,41)/t24-/m0/s1. The zero-order chi connectivity index (χ0) is 29.9. The number of piperidine rings is 1. The molecule has 0 aliphatic carbocycles. The van der Waals surface area contributed by atoms with E-state index in [0.29, 0.717) is 24.1 Å². The number of hydrogen-bond acceptors (Lipinski definition) is 8. The molecule has 0 bridgehead atoms. The van der Waals surface area contributed by atoms with Crippen LogP contribution in [0.4, 0.5) is 22.0 Å². The SMILES string of the molecule is C=C(F)C(=O)Nc1ccc2c(-c3ccccc3CNc3nc(N[C@H]4CCCNC4)nc4c(C(C)C)cnn34)nccc2c1. The number of rotatable bonds is 9. The maximum Gasteiger partial charge on any atom is 0.283 e. The fourth-order valence-electron chi connectivity index (χ4n) is 5.39. The summed E-state index contributed by atoms with van der Waals surface area (Å²) >= 11 is 0. The molecule has 0 saturated carbocycles. The van der Waals surface area contributed by atoms with E-state index >= 15 is 0 Å². The molecule has 6 rings (SSSR count). The van der Waals surface area contributed by atoms with Crippen molar-refractivity contribution in [3.05, 3.63) is 84.5 Å². The second-order valence-electron chi connectivity index (χ2n) is 11.0. The number of carbonyl (C=O) groups is 1. The highest BCUT2D eigenvalue weighted by molar-refractivity contribution is 6.04. The van der Waals surface area contributed by atoms with Crippen molar-refractivity contribution in [2.45, 2.75) is 45.2 Å². The molecule has 1 saturated heterocycles. The van der Waals surface area contributed by atoms with E-state index in [1.54, 1.807) is 22.8 Å². The minimum absolute atomic E-state index is 0.257. The van der Waals surface area contributed by atoms with Crippen LogP contribution in [0.5, 0.6) is 0 Å². The lowest BCUT2D eigenvalue weighted by molar-refractivity contribution is -0.114.